The van der Waals surface area contributed by atoms with Gasteiger partial charge in [0.05, 0.1) is 29.9 Å². The highest BCUT2D eigenvalue weighted by Gasteiger charge is 2.25. The van der Waals surface area contributed by atoms with Gasteiger partial charge in [0.25, 0.3) is 5.69 Å². The van der Waals surface area contributed by atoms with E-state index in [4.69, 9.17) is 19.9 Å². The van der Waals surface area contributed by atoms with E-state index < -0.39 is 17.1 Å². The van der Waals surface area contributed by atoms with Gasteiger partial charge in [0, 0.05) is 0 Å². The average molecular weight is 337 g/mol. The summed E-state index contributed by atoms with van der Waals surface area (Å²) in [6.45, 7) is 1.50. The molecule has 3 N–H and O–H groups in total. The quantitative estimate of drug-likeness (QED) is 0.568. The Morgan fingerprint density at radius 3 is 2.75 bits per heavy atom. The first-order valence-electron chi connectivity index (χ1n) is 6.72. The van der Waals surface area contributed by atoms with Crippen LogP contribution in [-0.4, -0.2) is 33.5 Å². The number of aromatic nitrogens is 3. The molecule has 1 aromatic heterocycles. The number of aromatic amines is 1. The molecule has 2 aromatic rings. The third kappa shape index (κ3) is 3.88. The minimum atomic E-state index is -1.04. The van der Waals surface area contributed by atoms with Crippen LogP contribution in [0, 0.1) is 10.1 Å². The molecule has 1 atom stereocenters. The molecule has 0 aliphatic rings. The SMILES string of the molecule is COc1cc(C(C)OC(N)=O)c([N+](=O)[O-])cc1OCc1cn[nH]n1. The summed E-state index contributed by atoms with van der Waals surface area (Å²) in [6, 6.07) is 2.55. The second-order valence-electron chi connectivity index (χ2n) is 4.65. The molecule has 0 aliphatic carbocycles. The summed E-state index contributed by atoms with van der Waals surface area (Å²) >= 11 is 0. The van der Waals surface area contributed by atoms with E-state index in [1.807, 2.05) is 0 Å². The lowest BCUT2D eigenvalue weighted by Gasteiger charge is -2.16. The largest absolute Gasteiger partial charge is 0.493 e. The fourth-order valence-electron chi connectivity index (χ4n) is 2.01. The zero-order valence-electron chi connectivity index (χ0n) is 12.9. The summed E-state index contributed by atoms with van der Waals surface area (Å²) in [4.78, 5) is 21.6. The molecule has 1 amide bonds. The molecule has 1 heterocycles. The third-order valence-electron chi connectivity index (χ3n) is 3.08. The molecule has 0 radical (unpaired) electrons. The monoisotopic (exact) mass is 337 g/mol. The number of rotatable bonds is 7. The number of nitrogens with two attached hydrogens (primary N) is 1. The number of H-pyrrole nitrogens is 1. The maximum atomic E-state index is 11.3. The zero-order chi connectivity index (χ0) is 17.7. The molecule has 0 fully saturated rings. The highest BCUT2D eigenvalue weighted by atomic mass is 16.6. The zero-order valence-corrected chi connectivity index (χ0v) is 12.9. The Bertz CT molecular complexity index is 733. The van der Waals surface area contributed by atoms with E-state index in [1.165, 1.54) is 32.4 Å². The normalized spacial score (nSPS) is 11.6. The van der Waals surface area contributed by atoms with Gasteiger partial charge in [0.15, 0.2) is 11.5 Å². The molecule has 1 unspecified atom stereocenters. The first-order valence-corrected chi connectivity index (χ1v) is 6.72. The van der Waals surface area contributed by atoms with Gasteiger partial charge in [-0.3, -0.25) is 10.1 Å². The number of primary amides is 1. The van der Waals surface area contributed by atoms with Crippen LogP contribution in [0.1, 0.15) is 24.3 Å². The smallest absolute Gasteiger partial charge is 0.405 e. The van der Waals surface area contributed by atoms with Crippen molar-refractivity contribution < 1.29 is 23.9 Å². The molecule has 0 spiro atoms. The lowest BCUT2D eigenvalue weighted by atomic mass is 10.1. The number of nitro benzene ring substituents is 1. The van der Waals surface area contributed by atoms with Gasteiger partial charge in [-0.1, -0.05) is 0 Å². The Kier molecular flexibility index (Phi) is 5.14. The van der Waals surface area contributed by atoms with Crippen molar-refractivity contribution in [2.75, 3.05) is 7.11 Å². The Morgan fingerprint density at radius 2 is 2.21 bits per heavy atom. The molecule has 0 aliphatic heterocycles. The van der Waals surface area contributed by atoms with Gasteiger partial charge >= 0.3 is 6.09 Å². The number of carbonyl (C=O) groups is 1. The van der Waals surface area contributed by atoms with Gasteiger partial charge < -0.3 is 19.9 Å². The Balaban J connectivity index is 2.36. The Labute approximate surface area is 135 Å². The van der Waals surface area contributed by atoms with E-state index in [1.54, 1.807) is 0 Å². The number of hydrogen-bond acceptors (Lipinski definition) is 8. The summed E-state index contributed by atoms with van der Waals surface area (Å²) < 4.78 is 15.5. The summed E-state index contributed by atoms with van der Waals surface area (Å²) in [6.07, 6.45) is -0.513. The number of nitrogens with zero attached hydrogens (tertiary/aromatic N) is 3. The fourth-order valence-corrected chi connectivity index (χ4v) is 2.01. The lowest BCUT2D eigenvalue weighted by molar-refractivity contribution is -0.386. The van der Waals surface area contributed by atoms with Crippen molar-refractivity contribution in [1.29, 1.82) is 0 Å². The van der Waals surface area contributed by atoms with Crippen molar-refractivity contribution in [3.63, 3.8) is 0 Å². The van der Waals surface area contributed by atoms with Crippen molar-refractivity contribution in [2.45, 2.75) is 19.6 Å². The number of hydrogen-bond donors (Lipinski definition) is 2. The van der Waals surface area contributed by atoms with E-state index in [0.717, 1.165) is 0 Å². The molecule has 24 heavy (non-hydrogen) atoms. The first kappa shape index (κ1) is 17.0. The van der Waals surface area contributed by atoms with Gasteiger partial charge in [0.1, 0.15) is 18.4 Å². The standard InChI is InChI=1S/C13H15N5O6/c1-7(24-13(14)19)9-3-11(22-2)12(4-10(9)18(20)21)23-6-8-5-15-17-16-8/h3-5,7H,6H2,1-2H3,(H2,14,19)(H,15,16,17). The van der Waals surface area contributed by atoms with E-state index in [-0.39, 0.29) is 29.4 Å². The van der Waals surface area contributed by atoms with Crippen LogP contribution >= 0.6 is 0 Å². The van der Waals surface area contributed by atoms with Crippen molar-refractivity contribution in [2.24, 2.45) is 5.73 Å². The molecule has 11 nitrogen and oxygen atoms in total. The number of nitrogens with one attached hydrogen (secondary N) is 1. The van der Waals surface area contributed by atoms with E-state index in [9.17, 15) is 14.9 Å². The molecule has 11 heteroatoms. The van der Waals surface area contributed by atoms with E-state index >= 15 is 0 Å². The fraction of sp³-hybridized carbons (Fsp3) is 0.308. The van der Waals surface area contributed by atoms with Crippen molar-refractivity contribution in [1.82, 2.24) is 15.4 Å². The second kappa shape index (κ2) is 7.26. The summed E-state index contributed by atoms with van der Waals surface area (Å²) in [5, 5.41) is 21.2. The van der Waals surface area contributed by atoms with Crippen LogP contribution in [0.3, 0.4) is 0 Å². The highest BCUT2D eigenvalue weighted by molar-refractivity contribution is 5.65. The second-order valence-corrected chi connectivity index (χ2v) is 4.65. The molecular formula is C13H15N5O6. The minimum Gasteiger partial charge on any atom is -0.493 e. The maximum Gasteiger partial charge on any atom is 0.405 e. The predicted molar refractivity (Wildman–Crippen MR) is 79.4 cm³/mol. The number of methoxy groups -OCH3 is 1. The summed E-state index contributed by atoms with van der Waals surface area (Å²) in [7, 11) is 1.38. The molecule has 0 saturated heterocycles. The molecule has 1 aromatic carbocycles. The van der Waals surface area contributed by atoms with Crippen LogP contribution in [-0.2, 0) is 11.3 Å². The van der Waals surface area contributed by atoms with Gasteiger partial charge in [-0.15, -0.1) is 0 Å². The van der Waals surface area contributed by atoms with Crippen LogP contribution in [0.5, 0.6) is 11.5 Å². The molecule has 128 valence electrons. The predicted octanol–water partition coefficient (Wildman–Crippen LogP) is 1.46. The van der Waals surface area contributed by atoms with Crippen LogP contribution < -0.4 is 15.2 Å². The topological polar surface area (TPSA) is 155 Å². The van der Waals surface area contributed by atoms with Crippen LogP contribution in [0.2, 0.25) is 0 Å². The highest BCUT2D eigenvalue weighted by Crippen LogP contribution is 2.38. The van der Waals surface area contributed by atoms with Gasteiger partial charge in [-0.2, -0.15) is 15.4 Å². The molecular weight excluding hydrogens is 322 g/mol. The van der Waals surface area contributed by atoms with Gasteiger partial charge in [-0.05, 0) is 13.0 Å². The summed E-state index contributed by atoms with van der Waals surface area (Å²) in [5.74, 6) is 0.376. The summed E-state index contributed by atoms with van der Waals surface area (Å²) in [5.41, 5.74) is 5.30. The Hall–Kier alpha value is -3.37. The van der Waals surface area contributed by atoms with Gasteiger partial charge in [-0.25, -0.2) is 4.79 Å². The van der Waals surface area contributed by atoms with Gasteiger partial charge in [0.2, 0.25) is 0 Å². The maximum absolute atomic E-state index is 11.3. The van der Waals surface area contributed by atoms with Crippen molar-refractivity contribution in [3.05, 3.63) is 39.7 Å². The number of ether oxygens (including phenoxy) is 3. The minimum absolute atomic E-state index is 0.0384. The molecule has 2 rings (SSSR count). The average Bonchev–Trinajstić information content (AvgIpc) is 3.04. The van der Waals surface area contributed by atoms with E-state index in [0.29, 0.717) is 5.69 Å². The Morgan fingerprint density at radius 1 is 1.46 bits per heavy atom. The van der Waals surface area contributed by atoms with Crippen molar-refractivity contribution in [3.8, 4) is 11.5 Å². The van der Waals surface area contributed by atoms with Crippen LogP contribution in [0.15, 0.2) is 18.3 Å². The number of benzene rings is 1. The number of carbonyl (C=O) groups excluding carboxylic acids is 1. The lowest BCUT2D eigenvalue weighted by Crippen LogP contribution is -2.16. The van der Waals surface area contributed by atoms with Crippen LogP contribution in [0.25, 0.3) is 0 Å². The number of amides is 1. The number of nitro groups is 1. The first-order chi connectivity index (χ1) is 11.4. The molecule has 0 saturated carbocycles. The molecule has 0 bridgehead atoms. The van der Waals surface area contributed by atoms with E-state index in [2.05, 4.69) is 15.4 Å². The third-order valence-corrected chi connectivity index (χ3v) is 3.08. The van der Waals surface area contributed by atoms with Crippen molar-refractivity contribution >= 4 is 11.8 Å². The van der Waals surface area contributed by atoms with Crippen LogP contribution in [0.4, 0.5) is 10.5 Å².